The summed E-state index contributed by atoms with van der Waals surface area (Å²) in [5.41, 5.74) is 0.404. The van der Waals surface area contributed by atoms with E-state index in [4.69, 9.17) is 4.74 Å². The van der Waals surface area contributed by atoms with E-state index in [-0.39, 0.29) is 29.5 Å². The van der Waals surface area contributed by atoms with Crippen LogP contribution in [0.5, 0.6) is 0 Å². The number of ether oxygens (including phenoxy) is 1. The van der Waals surface area contributed by atoms with Crippen molar-refractivity contribution < 1.29 is 24.5 Å². The van der Waals surface area contributed by atoms with Crippen molar-refractivity contribution in [3.8, 4) is 0 Å². The number of aliphatic hydroxyl groups is 1. The lowest BCUT2D eigenvalue weighted by atomic mass is 9.41. The van der Waals surface area contributed by atoms with Crippen LogP contribution in [0.1, 0.15) is 91.9 Å². The van der Waals surface area contributed by atoms with Crippen molar-refractivity contribution in [2.24, 2.45) is 52.3 Å². The average molecular weight is 449 g/mol. The number of hydrogen-bond acceptors (Lipinski definition) is 4. The molecule has 0 unspecified atom stereocenters. The number of carboxylic acid groups (broad SMARTS) is 1. The molecule has 5 nitrogen and oxygen atoms in total. The van der Waals surface area contributed by atoms with Gasteiger partial charge in [-0.15, -0.1) is 0 Å². The Morgan fingerprint density at radius 3 is 2.44 bits per heavy atom. The summed E-state index contributed by atoms with van der Waals surface area (Å²) in [5, 5.41) is 19.7. The van der Waals surface area contributed by atoms with Gasteiger partial charge in [0.25, 0.3) is 6.47 Å². The molecule has 0 saturated heterocycles. The standard InChI is InChI=1S/C27H44O5/c1-5-18-22-14-17(29)10-12-27(22,4)21-11-13-26(3)19(16(2)6-9-23(30)31)7-8-20(26)24(21)25(18)32-15-28/h15-22,24-25,29H,5-14H2,1-4H3,(H,30,31)/t16-,17-,18-,19-,20+,21+,22+,24+,25-,26-,27-/m1/s1. The van der Waals surface area contributed by atoms with Crippen LogP contribution < -0.4 is 0 Å². The van der Waals surface area contributed by atoms with Gasteiger partial charge < -0.3 is 14.9 Å². The van der Waals surface area contributed by atoms with Crippen LogP contribution in [0.3, 0.4) is 0 Å². The number of aliphatic hydroxyl groups excluding tert-OH is 1. The Bertz CT molecular complexity index is 708. The molecular formula is C27H44O5. The molecule has 0 heterocycles. The van der Waals surface area contributed by atoms with Gasteiger partial charge in [0.1, 0.15) is 6.10 Å². The summed E-state index contributed by atoms with van der Waals surface area (Å²) in [6.07, 6.45) is 9.20. The van der Waals surface area contributed by atoms with Gasteiger partial charge in [-0.05, 0) is 104 Å². The first-order valence-corrected chi connectivity index (χ1v) is 13.2. The summed E-state index contributed by atoms with van der Waals surface area (Å²) in [6, 6.07) is 0. The molecule has 0 bridgehead atoms. The van der Waals surface area contributed by atoms with E-state index in [1.54, 1.807) is 0 Å². The third-order valence-electron chi connectivity index (χ3n) is 11.1. The third-order valence-corrected chi connectivity index (χ3v) is 11.1. The normalized spacial score (nSPS) is 48.8. The molecule has 4 aliphatic rings. The Balaban J connectivity index is 1.67. The van der Waals surface area contributed by atoms with Crippen molar-refractivity contribution in [3.63, 3.8) is 0 Å². The summed E-state index contributed by atoms with van der Waals surface area (Å²) in [7, 11) is 0. The largest absolute Gasteiger partial charge is 0.481 e. The van der Waals surface area contributed by atoms with Crippen molar-refractivity contribution in [2.75, 3.05) is 0 Å². The van der Waals surface area contributed by atoms with Gasteiger partial charge >= 0.3 is 5.97 Å². The lowest BCUT2D eigenvalue weighted by molar-refractivity contribution is -0.212. The molecule has 0 aliphatic heterocycles. The predicted octanol–water partition coefficient (Wildman–Crippen LogP) is 5.29. The van der Waals surface area contributed by atoms with Crippen molar-refractivity contribution in [3.05, 3.63) is 0 Å². The van der Waals surface area contributed by atoms with Crippen LogP contribution in [0.15, 0.2) is 0 Å². The molecule has 0 amide bonds. The van der Waals surface area contributed by atoms with Crippen molar-refractivity contribution in [1.29, 1.82) is 0 Å². The average Bonchev–Trinajstić information content (AvgIpc) is 3.10. The highest BCUT2D eigenvalue weighted by atomic mass is 16.5. The summed E-state index contributed by atoms with van der Waals surface area (Å²) < 4.78 is 5.97. The Morgan fingerprint density at radius 2 is 1.78 bits per heavy atom. The van der Waals surface area contributed by atoms with Crippen LogP contribution in [0.2, 0.25) is 0 Å². The van der Waals surface area contributed by atoms with Crippen LogP contribution in [-0.2, 0) is 14.3 Å². The van der Waals surface area contributed by atoms with Crippen molar-refractivity contribution in [1.82, 2.24) is 0 Å². The molecule has 11 atom stereocenters. The molecule has 4 fully saturated rings. The Hall–Kier alpha value is -1.10. The minimum Gasteiger partial charge on any atom is -0.481 e. The van der Waals surface area contributed by atoms with E-state index in [2.05, 4.69) is 27.7 Å². The first-order valence-electron chi connectivity index (χ1n) is 13.2. The highest BCUT2D eigenvalue weighted by Crippen LogP contribution is 2.69. The predicted molar refractivity (Wildman–Crippen MR) is 123 cm³/mol. The van der Waals surface area contributed by atoms with E-state index in [1.165, 1.54) is 6.42 Å². The molecule has 5 heteroatoms. The zero-order chi connectivity index (χ0) is 23.3. The molecule has 0 spiro atoms. The van der Waals surface area contributed by atoms with Crippen LogP contribution in [0, 0.1) is 52.3 Å². The summed E-state index contributed by atoms with van der Waals surface area (Å²) >= 11 is 0. The number of aliphatic carboxylic acids is 1. The second-order valence-electron chi connectivity index (χ2n) is 12.2. The molecule has 4 saturated carbocycles. The number of carbonyl (C=O) groups excluding carboxylic acids is 1. The number of hydrogen-bond donors (Lipinski definition) is 2. The summed E-state index contributed by atoms with van der Waals surface area (Å²) in [6.45, 7) is 10.1. The van der Waals surface area contributed by atoms with E-state index in [9.17, 15) is 19.8 Å². The number of fused-ring (bicyclic) bond motifs is 5. The number of rotatable bonds is 7. The van der Waals surface area contributed by atoms with E-state index >= 15 is 0 Å². The Morgan fingerprint density at radius 1 is 1.09 bits per heavy atom. The van der Waals surface area contributed by atoms with Gasteiger partial charge in [0, 0.05) is 12.3 Å². The monoisotopic (exact) mass is 448 g/mol. The van der Waals surface area contributed by atoms with E-state index in [0.29, 0.717) is 47.9 Å². The maximum absolute atomic E-state index is 11.7. The fourth-order valence-corrected chi connectivity index (χ4v) is 9.70. The Kier molecular flexibility index (Phi) is 6.70. The Labute approximate surface area is 193 Å². The highest BCUT2D eigenvalue weighted by Gasteiger charge is 2.65. The fourth-order valence-electron chi connectivity index (χ4n) is 9.70. The third kappa shape index (κ3) is 3.71. The minimum atomic E-state index is -0.698. The molecule has 0 aromatic rings. The molecule has 32 heavy (non-hydrogen) atoms. The minimum absolute atomic E-state index is 0.0522. The smallest absolute Gasteiger partial charge is 0.303 e. The highest BCUT2D eigenvalue weighted by molar-refractivity contribution is 5.66. The molecule has 0 radical (unpaired) electrons. The van der Waals surface area contributed by atoms with Gasteiger partial charge in [-0.1, -0.05) is 27.7 Å². The zero-order valence-electron chi connectivity index (χ0n) is 20.5. The first kappa shape index (κ1) is 24.0. The quantitative estimate of drug-likeness (QED) is 0.517. The second-order valence-corrected chi connectivity index (χ2v) is 12.2. The van der Waals surface area contributed by atoms with Crippen LogP contribution in [-0.4, -0.2) is 34.9 Å². The fraction of sp³-hybridized carbons (Fsp3) is 0.926. The lowest BCUT2D eigenvalue weighted by Gasteiger charge is -2.65. The van der Waals surface area contributed by atoms with Gasteiger partial charge in [-0.3, -0.25) is 9.59 Å². The van der Waals surface area contributed by atoms with Gasteiger partial charge in [-0.2, -0.15) is 0 Å². The molecule has 0 aromatic heterocycles. The number of carboxylic acids is 1. The lowest BCUT2D eigenvalue weighted by Crippen LogP contribution is -2.62. The van der Waals surface area contributed by atoms with Crippen LogP contribution in [0.4, 0.5) is 0 Å². The van der Waals surface area contributed by atoms with Gasteiger partial charge in [0.2, 0.25) is 0 Å². The van der Waals surface area contributed by atoms with Gasteiger partial charge in [-0.25, -0.2) is 0 Å². The molecule has 0 aromatic carbocycles. The maximum Gasteiger partial charge on any atom is 0.303 e. The van der Waals surface area contributed by atoms with E-state index in [1.807, 2.05) is 0 Å². The van der Waals surface area contributed by atoms with Gasteiger partial charge in [0.05, 0.1) is 6.10 Å². The topological polar surface area (TPSA) is 83.8 Å². The molecule has 2 N–H and O–H groups in total. The molecule has 4 rings (SSSR count). The van der Waals surface area contributed by atoms with E-state index < -0.39 is 5.97 Å². The summed E-state index contributed by atoms with van der Waals surface area (Å²) in [5.74, 6) is 2.44. The van der Waals surface area contributed by atoms with Crippen molar-refractivity contribution >= 4 is 12.4 Å². The van der Waals surface area contributed by atoms with Crippen LogP contribution in [0.25, 0.3) is 0 Å². The molecular weight excluding hydrogens is 404 g/mol. The first-order chi connectivity index (χ1) is 15.2. The van der Waals surface area contributed by atoms with E-state index in [0.717, 1.165) is 51.4 Å². The molecule has 4 aliphatic carbocycles. The van der Waals surface area contributed by atoms with Gasteiger partial charge in [0.15, 0.2) is 0 Å². The maximum atomic E-state index is 11.7. The van der Waals surface area contributed by atoms with Crippen molar-refractivity contribution in [2.45, 2.75) is 104 Å². The number of carbonyl (C=O) groups is 2. The second kappa shape index (κ2) is 8.92. The summed E-state index contributed by atoms with van der Waals surface area (Å²) in [4.78, 5) is 22.9. The van der Waals surface area contributed by atoms with Crippen LogP contribution >= 0.6 is 0 Å². The molecule has 182 valence electrons. The SMILES string of the molecule is CC[C@H]1[C@@H](OC=O)[C@@H]2[C@H](CC[C@]3(C)[C@@H]([C@H](C)CCC(=O)O)CC[C@@H]23)[C@@]2(C)CC[C@@H](O)C[C@@H]12. The zero-order valence-corrected chi connectivity index (χ0v) is 20.5.